The van der Waals surface area contributed by atoms with Crippen molar-refractivity contribution in [1.29, 1.82) is 0 Å². The first kappa shape index (κ1) is 12.9. The molecule has 2 heterocycles. The molecule has 2 aromatic heterocycles. The van der Waals surface area contributed by atoms with Gasteiger partial charge in [0, 0.05) is 21.9 Å². The number of nitrogens with zero attached hydrogens (tertiary/aromatic N) is 2. The number of anilines is 1. The van der Waals surface area contributed by atoms with Gasteiger partial charge in [-0.25, -0.2) is 0 Å². The summed E-state index contributed by atoms with van der Waals surface area (Å²) in [7, 11) is 0. The summed E-state index contributed by atoms with van der Waals surface area (Å²) in [4.78, 5) is 4.28. The number of pyridine rings is 1. The lowest BCUT2D eigenvalue weighted by atomic mass is 10.0. The van der Waals surface area contributed by atoms with Crippen molar-refractivity contribution in [2.24, 2.45) is 0 Å². The molecule has 0 aliphatic carbocycles. The minimum Gasteiger partial charge on any atom is -0.367 e. The molecule has 0 bridgehead atoms. The van der Waals surface area contributed by atoms with Gasteiger partial charge in [0.25, 0.3) is 0 Å². The average Bonchev–Trinajstić information content (AvgIpc) is 2.82. The van der Waals surface area contributed by atoms with Crippen molar-refractivity contribution < 1.29 is 4.52 Å². The van der Waals surface area contributed by atoms with Crippen molar-refractivity contribution in [3.05, 3.63) is 52.8 Å². The fraction of sp³-hybridized carbons (Fsp3) is 0.0667. The van der Waals surface area contributed by atoms with E-state index in [4.69, 9.17) is 10.3 Å². The fourth-order valence-corrected chi connectivity index (χ4v) is 2.38. The summed E-state index contributed by atoms with van der Waals surface area (Å²) in [5.41, 5.74) is 10.2. The van der Waals surface area contributed by atoms with Gasteiger partial charge in [0.05, 0.1) is 5.56 Å². The Balaban J connectivity index is 2.20. The molecule has 0 radical (unpaired) electrons. The Labute approximate surface area is 124 Å². The predicted molar refractivity (Wildman–Crippen MR) is 82.0 cm³/mol. The summed E-state index contributed by atoms with van der Waals surface area (Å²) in [5, 5.41) is 4.09. The van der Waals surface area contributed by atoms with Crippen LogP contribution in [0.2, 0.25) is 0 Å². The zero-order valence-corrected chi connectivity index (χ0v) is 12.4. The smallest absolute Gasteiger partial charge is 0.230 e. The minimum atomic E-state index is 0.311. The predicted octanol–water partition coefficient (Wildman–Crippen LogP) is 4.06. The van der Waals surface area contributed by atoms with Crippen LogP contribution < -0.4 is 5.73 Å². The van der Waals surface area contributed by atoms with Crippen LogP contribution in [-0.2, 0) is 0 Å². The van der Waals surface area contributed by atoms with E-state index in [-0.39, 0.29) is 0 Å². The molecular weight excluding hydrogens is 318 g/mol. The molecule has 0 spiro atoms. The first-order valence-electron chi connectivity index (χ1n) is 6.10. The molecule has 0 aliphatic rings. The van der Waals surface area contributed by atoms with E-state index in [1.54, 1.807) is 6.20 Å². The molecule has 0 aliphatic heterocycles. The number of aromatic nitrogens is 2. The molecule has 0 atom stereocenters. The van der Waals surface area contributed by atoms with Crippen LogP contribution in [0.15, 0.2) is 51.6 Å². The molecule has 3 rings (SSSR count). The molecule has 20 heavy (non-hydrogen) atoms. The standard InChI is InChI=1S/C15H12BrN3O/c1-9-12(3-2-8-18-9)14-13(15(17)20-19-14)10-4-6-11(16)7-5-10/h2-8H,17H2,1H3. The second kappa shape index (κ2) is 5.09. The lowest BCUT2D eigenvalue weighted by Gasteiger charge is -2.05. The summed E-state index contributed by atoms with van der Waals surface area (Å²) in [5.74, 6) is 0.311. The van der Waals surface area contributed by atoms with Crippen LogP contribution in [-0.4, -0.2) is 10.1 Å². The Morgan fingerprint density at radius 3 is 2.60 bits per heavy atom. The summed E-state index contributed by atoms with van der Waals surface area (Å²) >= 11 is 3.42. The molecule has 0 saturated heterocycles. The summed E-state index contributed by atoms with van der Waals surface area (Å²) in [6.45, 7) is 1.94. The Bertz CT molecular complexity index is 750. The van der Waals surface area contributed by atoms with E-state index in [0.29, 0.717) is 5.88 Å². The molecule has 5 heteroatoms. The quantitative estimate of drug-likeness (QED) is 0.770. The van der Waals surface area contributed by atoms with Crippen molar-refractivity contribution in [3.63, 3.8) is 0 Å². The van der Waals surface area contributed by atoms with E-state index in [2.05, 4.69) is 26.1 Å². The highest BCUT2D eigenvalue weighted by Gasteiger charge is 2.18. The van der Waals surface area contributed by atoms with Gasteiger partial charge in [0.2, 0.25) is 5.88 Å². The van der Waals surface area contributed by atoms with Crippen molar-refractivity contribution >= 4 is 21.8 Å². The summed E-state index contributed by atoms with van der Waals surface area (Å²) < 4.78 is 6.19. The molecule has 100 valence electrons. The average molecular weight is 330 g/mol. The number of hydrogen-bond donors (Lipinski definition) is 1. The SMILES string of the molecule is Cc1ncccc1-c1noc(N)c1-c1ccc(Br)cc1. The van der Waals surface area contributed by atoms with Gasteiger partial charge in [0.1, 0.15) is 5.69 Å². The maximum absolute atomic E-state index is 5.94. The largest absolute Gasteiger partial charge is 0.367 e. The van der Waals surface area contributed by atoms with E-state index >= 15 is 0 Å². The number of aryl methyl sites for hydroxylation is 1. The van der Waals surface area contributed by atoms with E-state index in [1.807, 2.05) is 43.3 Å². The van der Waals surface area contributed by atoms with E-state index < -0.39 is 0 Å². The summed E-state index contributed by atoms with van der Waals surface area (Å²) in [6, 6.07) is 11.7. The minimum absolute atomic E-state index is 0.311. The molecule has 0 fully saturated rings. The third-order valence-corrected chi connectivity index (χ3v) is 3.64. The van der Waals surface area contributed by atoms with Crippen molar-refractivity contribution in [1.82, 2.24) is 10.1 Å². The van der Waals surface area contributed by atoms with E-state index in [1.165, 1.54) is 0 Å². The van der Waals surface area contributed by atoms with Crippen LogP contribution in [0.5, 0.6) is 0 Å². The Kier molecular flexibility index (Phi) is 3.28. The van der Waals surface area contributed by atoms with Crippen LogP contribution in [0.4, 0.5) is 5.88 Å². The van der Waals surface area contributed by atoms with Crippen LogP contribution >= 0.6 is 15.9 Å². The van der Waals surface area contributed by atoms with E-state index in [9.17, 15) is 0 Å². The molecule has 0 amide bonds. The maximum Gasteiger partial charge on any atom is 0.230 e. The zero-order valence-electron chi connectivity index (χ0n) is 10.8. The molecule has 0 unspecified atom stereocenters. The zero-order chi connectivity index (χ0) is 14.1. The Hall–Kier alpha value is -2.14. The Morgan fingerprint density at radius 1 is 1.15 bits per heavy atom. The first-order valence-corrected chi connectivity index (χ1v) is 6.89. The second-order valence-corrected chi connectivity index (χ2v) is 5.33. The molecule has 1 aromatic carbocycles. The van der Waals surface area contributed by atoms with Gasteiger partial charge in [-0.1, -0.05) is 33.2 Å². The highest BCUT2D eigenvalue weighted by Crippen LogP contribution is 2.37. The lowest BCUT2D eigenvalue weighted by molar-refractivity contribution is 0.439. The molecule has 3 aromatic rings. The lowest BCUT2D eigenvalue weighted by Crippen LogP contribution is -1.91. The number of nitrogens with two attached hydrogens (primary N) is 1. The van der Waals surface area contributed by atoms with Crippen LogP contribution in [0, 0.1) is 6.92 Å². The van der Waals surface area contributed by atoms with Crippen LogP contribution in [0.3, 0.4) is 0 Å². The number of halogens is 1. The second-order valence-electron chi connectivity index (χ2n) is 4.41. The molecule has 0 saturated carbocycles. The monoisotopic (exact) mass is 329 g/mol. The van der Waals surface area contributed by atoms with Gasteiger partial charge in [-0.3, -0.25) is 4.98 Å². The van der Waals surface area contributed by atoms with Gasteiger partial charge in [-0.05, 0) is 36.8 Å². The number of rotatable bonds is 2. The highest BCUT2D eigenvalue weighted by atomic mass is 79.9. The Morgan fingerprint density at radius 2 is 1.90 bits per heavy atom. The third kappa shape index (κ3) is 2.20. The topological polar surface area (TPSA) is 64.9 Å². The van der Waals surface area contributed by atoms with Crippen molar-refractivity contribution in [3.8, 4) is 22.4 Å². The van der Waals surface area contributed by atoms with Gasteiger partial charge in [-0.15, -0.1) is 0 Å². The fourth-order valence-electron chi connectivity index (χ4n) is 2.12. The number of benzene rings is 1. The normalized spacial score (nSPS) is 10.7. The third-order valence-electron chi connectivity index (χ3n) is 3.11. The molecule has 2 N–H and O–H groups in total. The van der Waals surface area contributed by atoms with Crippen LogP contribution in [0.1, 0.15) is 5.69 Å². The van der Waals surface area contributed by atoms with E-state index in [0.717, 1.165) is 32.6 Å². The van der Waals surface area contributed by atoms with Gasteiger partial charge in [0.15, 0.2) is 0 Å². The first-order chi connectivity index (χ1) is 9.66. The van der Waals surface area contributed by atoms with Gasteiger partial charge >= 0.3 is 0 Å². The van der Waals surface area contributed by atoms with Gasteiger partial charge < -0.3 is 10.3 Å². The highest BCUT2D eigenvalue weighted by molar-refractivity contribution is 9.10. The van der Waals surface area contributed by atoms with Crippen molar-refractivity contribution in [2.45, 2.75) is 6.92 Å². The van der Waals surface area contributed by atoms with Crippen molar-refractivity contribution in [2.75, 3.05) is 5.73 Å². The summed E-state index contributed by atoms with van der Waals surface area (Å²) in [6.07, 6.45) is 1.75. The number of hydrogen-bond acceptors (Lipinski definition) is 4. The molecular formula is C15H12BrN3O. The number of nitrogen functional groups attached to an aromatic ring is 1. The van der Waals surface area contributed by atoms with Gasteiger partial charge in [-0.2, -0.15) is 0 Å². The molecule has 4 nitrogen and oxygen atoms in total. The maximum atomic E-state index is 5.94. The van der Waals surface area contributed by atoms with Crippen LogP contribution in [0.25, 0.3) is 22.4 Å².